The summed E-state index contributed by atoms with van der Waals surface area (Å²) in [6, 6.07) is 12.3. The van der Waals surface area contributed by atoms with Crippen molar-refractivity contribution in [3.05, 3.63) is 73.1 Å². The molecule has 0 radical (unpaired) electrons. The van der Waals surface area contributed by atoms with Crippen LogP contribution in [0.1, 0.15) is 5.56 Å². The van der Waals surface area contributed by atoms with Crippen LogP contribution in [0.2, 0.25) is 0 Å². The van der Waals surface area contributed by atoms with Crippen LogP contribution in [0.4, 0.5) is 11.8 Å². The maximum Gasteiger partial charge on any atom is 0.208 e. The van der Waals surface area contributed by atoms with Crippen molar-refractivity contribution in [3.63, 3.8) is 0 Å². The van der Waals surface area contributed by atoms with Crippen LogP contribution in [0.25, 0.3) is 27.6 Å². The van der Waals surface area contributed by atoms with Gasteiger partial charge in [0.2, 0.25) is 5.95 Å². The first-order valence-corrected chi connectivity index (χ1v) is 10.8. The first-order chi connectivity index (χ1) is 15.9. The maximum atomic E-state index is 5.51. The third-order valence-electron chi connectivity index (χ3n) is 5.98. The van der Waals surface area contributed by atoms with Gasteiger partial charge in [-0.15, -0.1) is 0 Å². The Hall–Kier alpha value is -3.91. The SMILES string of the molecule is c1cc(CNc2ncc(-c3ccc(N4CCNCC4)nc3)c3cncn23)c2ccoc2c1. The minimum atomic E-state index is 0.636. The molecule has 0 amide bonds. The van der Waals surface area contributed by atoms with Gasteiger partial charge >= 0.3 is 0 Å². The van der Waals surface area contributed by atoms with Crippen molar-refractivity contribution in [1.82, 2.24) is 24.7 Å². The first-order valence-electron chi connectivity index (χ1n) is 10.8. The number of benzene rings is 1. The zero-order valence-electron chi connectivity index (χ0n) is 17.5. The molecule has 0 aliphatic carbocycles. The van der Waals surface area contributed by atoms with Gasteiger partial charge in [0.05, 0.1) is 18.0 Å². The van der Waals surface area contributed by atoms with Crippen LogP contribution in [0.5, 0.6) is 0 Å². The highest BCUT2D eigenvalue weighted by Crippen LogP contribution is 2.27. The summed E-state index contributed by atoms with van der Waals surface area (Å²) in [6.45, 7) is 4.58. The Balaban J connectivity index is 1.27. The number of piperazine rings is 1. The molecule has 1 aliphatic rings. The molecule has 8 nitrogen and oxygen atoms in total. The molecule has 0 spiro atoms. The van der Waals surface area contributed by atoms with E-state index in [1.54, 1.807) is 12.6 Å². The summed E-state index contributed by atoms with van der Waals surface area (Å²) >= 11 is 0. The molecule has 8 heteroatoms. The van der Waals surface area contributed by atoms with Gasteiger partial charge < -0.3 is 20.0 Å². The molecule has 4 aromatic heterocycles. The van der Waals surface area contributed by atoms with Crippen molar-refractivity contribution in [2.45, 2.75) is 6.54 Å². The number of aromatic nitrogens is 4. The van der Waals surface area contributed by atoms with Crippen molar-refractivity contribution in [1.29, 1.82) is 0 Å². The fraction of sp³-hybridized carbons (Fsp3) is 0.208. The molecule has 160 valence electrons. The lowest BCUT2D eigenvalue weighted by Crippen LogP contribution is -2.43. The zero-order valence-corrected chi connectivity index (χ0v) is 17.5. The van der Waals surface area contributed by atoms with E-state index in [0.29, 0.717) is 6.54 Å². The topological polar surface area (TPSA) is 83.5 Å². The standard InChI is InChI=1S/C24H23N7O/c1-2-17(19-6-11-32-22(19)3-1)13-28-24-29-14-20(21-15-26-16-31(21)24)18-4-5-23(27-12-18)30-9-7-25-8-10-30/h1-6,11-12,14-16,25H,7-10,13H2,(H,28,29). The van der Waals surface area contributed by atoms with Crippen molar-refractivity contribution in [2.75, 3.05) is 36.4 Å². The van der Waals surface area contributed by atoms with Gasteiger partial charge in [0.1, 0.15) is 17.7 Å². The highest BCUT2D eigenvalue weighted by molar-refractivity contribution is 5.82. The molecule has 6 rings (SSSR count). The second-order valence-electron chi connectivity index (χ2n) is 7.89. The Bertz CT molecular complexity index is 1370. The van der Waals surface area contributed by atoms with Crippen molar-refractivity contribution in [3.8, 4) is 11.1 Å². The minimum absolute atomic E-state index is 0.636. The molecule has 5 aromatic rings. The summed E-state index contributed by atoms with van der Waals surface area (Å²) in [5, 5.41) is 7.92. The molecule has 5 heterocycles. The zero-order chi connectivity index (χ0) is 21.3. The molecule has 2 N–H and O–H groups in total. The van der Waals surface area contributed by atoms with Crippen LogP contribution in [-0.4, -0.2) is 45.5 Å². The highest BCUT2D eigenvalue weighted by Gasteiger charge is 2.14. The Morgan fingerprint density at radius 1 is 1.00 bits per heavy atom. The number of hydrogen-bond donors (Lipinski definition) is 2. The van der Waals surface area contributed by atoms with E-state index in [2.05, 4.69) is 38.7 Å². The number of nitrogens with zero attached hydrogens (tertiary/aromatic N) is 5. The molecule has 0 unspecified atom stereocenters. The van der Waals surface area contributed by atoms with E-state index < -0.39 is 0 Å². The Kier molecular flexibility index (Phi) is 4.69. The molecule has 0 saturated carbocycles. The molecule has 32 heavy (non-hydrogen) atoms. The predicted molar refractivity (Wildman–Crippen MR) is 125 cm³/mol. The lowest BCUT2D eigenvalue weighted by atomic mass is 10.1. The van der Waals surface area contributed by atoms with Gasteiger partial charge in [-0.1, -0.05) is 12.1 Å². The van der Waals surface area contributed by atoms with E-state index in [9.17, 15) is 0 Å². The van der Waals surface area contributed by atoms with Gasteiger partial charge in [-0.05, 0) is 29.8 Å². The summed E-state index contributed by atoms with van der Waals surface area (Å²) in [4.78, 5) is 16.1. The lowest BCUT2D eigenvalue weighted by molar-refractivity contribution is 0.585. The molecule has 0 atom stereocenters. The number of fused-ring (bicyclic) bond motifs is 2. The summed E-state index contributed by atoms with van der Waals surface area (Å²) < 4.78 is 7.49. The van der Waals surface area contributed by atoms with Crippen molar-refractivity contribution >= 4 is 28.3 Å². The van der Waals surface area contributed by atoms with Crippen molar-refractivity contribution in [2.24, 2.45) is 0 Å². The minimum Gasteiger partial charge on any atom is -0.464 e. The molecular weight excluding hydrogens is 402 g/mol. The summed E-state index contributed by atoms with van der Waals surface area (Å²) in [5.41, 5.74) is 5.06. The number of anilines is 2. The smallest absolute Gasteiger partial charge is 0.208 e. The quantitative estimate of drug-likeness (QED) is 0.445. The van der Waals surface area contributed by atoms with Crippen LogP contribution in [0.15, 0.2) is 72.0 Å². The summed E-state index contributed by atoms with van der Waals surface area (Å²) in [7, 11) is 0. The van der Waals surface area contributed by atoms with E-state index in [1.807, 2.05) is 41.2 Å². The second kappa shape index (κ2) is 7.97. The van der Waals surface area contributed by atoms with Gasteiger partial charge in [0.25, 0.3) is 0 Å². The molecule has 1 aliphatic heterocycles. The Morgan fingerprint density at radius 2 is 1.94 bits per heavy atom. The summed E-state index contributed by atoms with van der Waals surface area (Å²) in [6.07, 6.45) is 9.18. The fourth-order valence-corrected chi connectivity index (χ4v) is 4.28. The van der Waals surface area contributed by atoms with E-state index in [0.717, 1.165) is 71.1 Å². The van der Waals surface area contributed by atoms with E-state index in [1.165, 1.54) is 0 Å². The monoisotopic (exact) mass is 425 g/mol. The molecular formula is C24H23N7O. The number of imidazole rings is 1. The Labute approximate surface area is 184 Å². The predicted octanol–water partition coefficient (Wildman–Crippen LogP) is 3.56. The second-order valence-corrected chi connectivity index (χ2v) is 7.89. The van der Waals surface area contributed by atoms with Crippen LogP contribution in [0, 0.1) is 0 Å². The molecule has 1 fully saturated rings. The van der Waals surface area contributed by atoms with Crippen LogP contribution >= 0.6 is 0 Å². The summed E-state index contributed by atoms with van der Waals surface area (Å²) in [5.74, 6) is 1.76. The van der Waals surface area contributed by atoms with Crippen LogP contribution < -0.4 is 15.5 Å². The van der Waals surface area contributed by atoms with E-state index in [4.69, 9.17) is 14.4 Å². The third kappa shape index (κ3) is 3.34. The molecule has 1 saturated heterocycles. The van der Waals surface area contributed by atoms with Gasteiger partial charge in [0, 0.05) is 61.6 Å². The highest BCUT2D eigenvalue weighted by atomic mass is 16.3. The van der Waals surface area contributed by atoms with Crippen molar-refractivity contribution < 1.29 is 4.42 Å². The van der Waals surface area contributed by atoms with Gasteiger partial charge in [0.15, 0.2) is 0 Å². The number of pyridine rings is 1. The first kappa shape index (κ1) is 18.8. The maximum absolute atomic E-state index is 5.51. The number of furan rings is 1. The largest absolute Gasteiger partial charge is 0.464 e. The van der Waals surface area contributed by atoms with Gasteiger partial charge in [-0.3, -0.25) is 4.40 Å². The number of nitrogens with one attached hydrogen (secondary N) is 2. The Morgan fingerprint density at radius 3 is 2.81 bits per heavy atom. The number of hydrogen-bond acceptors (Lipinski definition) is 7. The van der Waals surface area contributed by atoms with Crippen LogP contribution in [-0.2, 0) is 6.54 Å². The number of rotatable bonds is 5. The van der Waals surface area contributed by atoms with Gasteiger partial charge in [-0.2, -0.15) is 0 Å². The average molecular weight is 425 g/mol. The molecule has 0 bridgehead atoms. The fourth-order valence-electron chi connectivity index (χ4n) is 4.28. The van der Waals surface area contributed by atoms with E-state index in [-0.39, 0.29) is 0 Å². The lowest BCUT2D eigenvalue weighted by Gasteiger charge is -2.28. The van der Waals surface area contributed by atoms with Gasteiger partial charge in [-0.25, -0.2) is 15.0 Å². The average Bonchev–Trinajstić information content (AvgIpc) is 3.54. The normalized spacial score (nSPS) is 14.3. The van der Waals surface area contributed by atoms with Crippen LogP contribution in [0.3, 0.4) is 0 Å². The molecule has 1 aromatic carbocycles. The van der Waals surface area contributed by atoms with E-state index >= 15 is 0 Å². The third-order valence-corrected chi connectivity index (χ3v) is 5.98.